The van der Waals surface area contributed by atoms with Gasteiger partial charge in [-0.25, -0.2) is 24.2 Å². The average molecular weight is 1470 g/mol. The first kappa shape index (κ1) is 78.9. The number of Topliss-reactive ketones (excluding diaryl/α,β-unsaturated/α-hetero) is 2. The van der Waals surface area contributed by atoms with E-state index in [1.165, 1.54) is 56.9 Å². The van der Waals surface area contributed by atoms with Crippen LogP contribution in [0.5, 0.6) is 17.2 Å². The highest BCUT2D eigenvalue weighted by molar-refractivity contribution is 8.77. The van der Waals surface area contributed by atoms with E-state index in [0.717, 1.165) is 41.1 Å². The molecule has 0 spiro atoms. The number of nitrogens with one attached hydrogen (secondary N) is 2. The molecule has 0 bridgehead atoms. The number of imide groups is 1. The van der Waals surface area contributed by atoms with Crippen molar-refractivity contribution < 1.29 is 92.1 Å². The highest BCUT2D eigenvalue weighted by Gasteiger charge is 2.49. The third-order valence-electron chi connectivity index (χ3n) is 19.8. The van der Waals surface area contributed by atoms with Crippen LogP contribution in [-0.2, 0) is 53.1 Å². The number of fused-ring (bicyclic) bond motifs is 4. The molecule has 5 heterocycles. The van der Waals surface area contributed by atoms with E-state index in [9.17, 15) is 68.4 Å². The average Bonchev–Trinajstić information content (AvgIpc) is 1.63. The molecule has 7 atom stereocenters. The van der Waals surface area contributed by atoms with Gasteiger partial charge in [-0.15, -0.1) is 0 Å². The fourth-order valence-corrected chi connectivity index (χ4v) is 17.0. The highest BCUT2D eigenvalue weighted by atomic mass is 33.1. The number of benzene rings is 3. The Bertz CT molecular complexity index is 3640. The van der Waals surface area contributed by atoms with Gasteiger partial charge in [-0.3, -0.25) is 38.5 Å². The Hall–Kier alpha value is -8.22. The molecular formula is C74H98N8O19S2. The van der Waals surface area contributed by atoms with Crippen LogP contribution >= 0.6 is 21.6 Å². The molecule has 1 saturated carbocycles. The van der Waals surface area contributed by atoms with Gasteiger partial charge in [0.15, 0.2) is 29.7 Å². The molecule has 9 amide bonds. The summed E-state index contributed by atoms with van der Waals surface area (Å²) in [6.45, 7) is 13.7. The molecule has 3 aromatic carbocycles. The fourth-order valence-electron chi connectivity index (χ4n) is 14.1. The van der Waals surface area contributed by atoms with Crippen LogP contribution in [0.15, 0.2) is 72.8 Å². The highest BCUT2D eigenvalue weighted by Crippen LogP contribution is 2.49. The summed E-state index contributed by atoms with van der Waals surface area (Å²) in [4.78, 5) is 141. The van der Waals surface area contributed by atoms with Crippen LogP contribution in [0.2, 0.25) is 0 Å². The van der Waals surface area contributed by atoms with E-state index in [-0.39, 0.29) is 183 Å². The summed E-state index contributed by atoms with van der Waals surface area (Å²) < 4.78 is 29.8. The number of methoxy groups -OCH3 is 1. The van der Waals surface area contributed by atoms with Crippen LogP contribution < -0.4 is 40.4 Å². The Balaban J connectivity index is 0.812. The van der Waals surface area contributed by atoms with Gasteiger partial charge in [0.1, 0.15) is 24.7 Å². The maximum absolute atomic E-state index is 14.5. The summed E-state index contributed by atoms with van der Waals surface area (Å²) in [6.07, 6.45) is 2.93. The zero-order chi connectivity index (χ0) is 74.2. The number of aliphatic hydroxyl groups excluding tert-OH is 4. The summed E-state index contributed by atoms with van der Waals surface area (Å²) >= 11 is 0. The van der Waals surface area contributed by atoms with Crippen LogP contribution in [0.1, 0.15) is 167 Å². The van der Waals surface area contributed by atoms with Gasteiger partial charge in [0.2, 0.25) is 17.7 Å². The molecule has 8 N–H and O–H groups in total. The van der Waals surface area contributed by atoms with Crippen LogP contribution in [0, 0.1) is 17.8 Å². The van der Waals surface area contributed by atoms with E-state index >= 15 is 0 Å². The van der Waals surface area contributed by atoms with Gasteiger partial charge in [-0.1, -0.05) is 110 Å². The van der Waals surface area contributed by atoms with Crippen molar-refractivity contribution in [2.45, 2.75) is 185 Å². The number of ketones is 2. The largest absolute Gasteiger partial charge is 0.493 e. The number of ether oxygens (including phenoxy) is 5. The SMILES string of the molecule is C=C1C[C@H]2C(O)N(C(=O)OCc3ccc(CC(=O)[C@H](CCCNC(N)=O)NC(=O)[C@@H](CC(=O)CCCCCN4C(=O)CC(C)C4=O)C(C)C)cc3)c3cc(OCCCCCOc4cc5c(cc4OC)C(=O)N4CC(=C)C[C@H]4C(O)N5C(=O)OCC4(SSCCO)CCCC4)c(CO)cc3C(=O)N2C1. The normalized spacial score (nSPS) is 20.4. The number of hydrogen-bond donors (Lipinski definition) is 7. The molecule has 5 aliphatic heterocycles. The summed E-state index contributed by atoms with van der Waals surface area (Å²) in [5, 5.41) is 49.6. The number of anilines is 2. The van der Waals surface area contributed by atoms with Gasteiger partial charge in [0.25, 0.3) is 11.8 Å². The number of rotatable bonds is 36. The Kier molecular flexibility index (Phi) is 27.9. The van der Waals surface area contributed by atoms with E-state index in [2.05, 4.69) is 23.8 Å². The van der Waals surface area contributed by atoms with Crippen molar-refractivity contribution in [1.82, 2.24) is 25.3 Å². The monoisotopic (exact) mass is 1470 g/mol. The second-order valence-electron chi connectivity index (χ2n) is 27.9. The lowest BCUT2D eigenvalue weighted by Crippen LogP contribution is -2.51. The molecule has 560 valence electrons. The molecule has 0 radical (unpaired) electrons. The lowest BCUT2D eigenvalue weighted by atomic mass is 9.88. The molecule has 29 heteroatoms. The molecule has 3 saturated heterocycles. The fraction of sp³-hybridized carbons (Fsp3) is 0.568. The van der Waals surface area contributed by atoms with Crippen molar-refractivity contribution in [2.24, 2.45) is 23.5 Å². The van der Waals surface area contributed by atoms with Crippen LogP contribution in [0.25, 0.3) is 0 Å². The van der Waals surface area contributed by atoms with Crippen molar-refractivity contribution in [3.05, 3.63) is 101 Å². The number of hydrogen-bond acceptors (Lipinski definition) is 21. The maximum Gasteiger partial charge on any atom is 0.416 e. The molecule has 0 aromatic heterocycles. The summed E-state index contributed by atoms with van der Waals surface area (Å²) in [6, 6.07) is 9.09. The van der Waals surface area contributed by atoms with Gasteiger partial charge in [0, 0.05) is 87.1 Å². The lowest BCUT2D eigenvalue weighted by molar-refractivity contribution is -0.139. The van der Waals surface area contributed by atoms with Crippen molar-refractivity contribution in [3.8, 4) is 17.2 Å². The molecule has 3 unspecified atom stereocenters. The summed E-state index contributed by atoms with van der Waals surface area (Å²) in [5.41, 5.74) is 8.17. The van der Waals surface area contributed by atoms with Gasteiger partial charge < -0.3 is 70.3 Å². The van der Waals surface area contributed by atoms with Crippen LogP contribution in [-0.4, -0.2) is 195 Å². The zero-order valence-corrected chi connectivity index (χ0v) is 60.8. The topological polar surface area (TPSA) is 364 Å². The van der Waals surface area contributed by atoms with Gasteiger partial charge in [0.05, 0.1) is 78.9 Å². The molecule has 9 rings (SSSR count). The second-order valence-corrected chi connectivity index (χ2v) is 30.7. The first-order valence-corrected chi connectivity index (χ1v) is 37.9. The third kappa shape index (κ3) is 19.6. The summed E-state index contributed by atoms with van der Waals surface area (Å²) in [5.74, 6) is -2.47. The zero-order valence-electron chi connectivity index (χ0n) is 59.2. The van der Waals surface area contributed by atoms with E-state index in [0.29, 0.717) is 73.9 Å². The van der Waals surface area contributed by atoms with Crippen molar-refractivity contribution in [3.63, 3.8) is 0 Å². The number of urea groups is 1. The maximum atomic E-state index is 14.5. The number of nitrogens with zero attached hydrogens (tertiary/aromatic N) is 5. The Morgan fingerprint density at radius 2 is 1.33 bits per heavy atom. The van der Waals surface area contributed by atoms with Gasteiger partial charge in [-0.05, 0) is 99.8 Å². The van der Waals surface area contributed by atoms with Crippen molar-refractivity contribution >= 4 is 92.3 Å². The molecule has 1 aliphatic carbocycles. The minimum absolute atomic E-state index is 0.00751. The molecule has 4 fully saturated rings. The van der Waals surface area contributed by atoms with Gasteiger partial charge >= 0.3 is 18.2 Å². The van der Waals surface area contributed by atoms with Crippen molar-refractivity contribution in [1.29, 1.82) is 0 Å². The first-order valence-electron chi connectivity index (χ1n) is 35.6. The van der Waals surface area contributed by atoms with Crippen LogP contribution in [0.4, 0.5) is 25.8 Å². The number of amides is 9. The molecular weight excluding hydrogens is 1370 g/mol. The van der Waals surface area contributed by atoms with E-state index in [4.69, 9.17) is 29.4 Å². The number of unbranched alkanes of at least 4 members (excludes halogenated alkanes) is 4. The lowest BCUT2D eigenvalue weighted by Gasteiger charge is -2.33. The Morgan fingerprint density at radius 3 is 1.91 bits per heavy atom. The minimum Gasteiger partial charge on any atom is -0.493 e. The number of nitrogens with two attached hydrogens (primary N) is 1. The molecule has 27 nitrogen and oxygen atoms in total. The molecule has 103 heavy (non-hydrogen) atoms. The van der Waals surface area contributed by atoms with Crippen molar-refractivity contribution in [2.75, 3.05) is 75.3 Å². The Labute approximate surface area is 608 Å². The number of aliphatic hydroxyl groups is 4. The number of primary amides is 1. The smallest absolute Gasteiger partial charge is 0.416 e. The van der Waals surface area contributed by atoms with Crippen LogP contribution in [0.3, 0.4) is 0 Å². The third-order valence-corrected chi connectivity index (χ3v) is 23.1. The quantitative estimate of drug-likeness (QED) is 0.0125. The molecule has 6 aliphatic rings. The van der Waals surface area contributed by atoms with E-state index < -0.39 is 79.0 Å². The predicted octanol–water partition coefficient (Wildman–Crippen LogP) is 8.03. The predicted molar refractivity (Wildman–Crippen MR) is 385 cm³/mol. The number of carbonyl (C=O) groups is 10. The second kappa shape index (κ2) is 36.5. The van der Waals surface area contributed by atoms with Gasteiger partial charge in [-0.2, -0.15) is 0 Å². The van der Waals surface area contributed by atoms with E-state index in [1.807, 2.05) is 13.8 Å². The standard InChI is InChI=1S/C74H98N8O19S2/c1-44(2)52(35-51(85)16-9-7-12-25-78-64(87)32-47(5)66(78)89)65(88)77-55(17-15-24-76-71(75)94)60(86)33-48-18-20-49(21-19-48)42-100-72(95)81-56-37-61(50(41-84)34-53(56)67(90)79-39-45(3)30-58(79)69(81)92)98-27-13-8-14-28-99-63-38-57-54(36-62(63)97-6)68(91)80-40-46(4)31-59(80)70(93)82(57)73(96)101-43-74(22-10-11-23-74)103-102-29-26-83/h18-21,34,36-38,44,47,52,55,58-59,69-70,83-84,92-93H,3-4,7-17,22-33,35,39-43H2,1-2,5-6H3,(H,77,88)(H3,75,76,94)/t47?,52-,55-,58-,59-,69?,70?/m0/s1. The number of carbonyl (C=O) groups excluding carboxylic acids is 10. The first-order chi connectivity index (χ1) is 49.3. The minimum atomic E-state index is -1.61. The number of likely N-dealkylation sites (tertiary alicyclic amines) is 1. The molecule has 3 aromatic rings. The van der Waals surface area contributed by atoms with E-state index in [1.54, 1.807) is 42.0 Å². The Morgan fingerprint density at radius 1 is 0.738 bits per heavy atom. The summed E-state index contributed by atoms with van der Waals surface area (Å²) in [7, 11) is 4.54.